The lowest BCUT2D eigenvalue weighted by Crippen LogP contribution is -2.12. The van der Waals surface area contributed by atoms with E-state index in [2.05, 4.69) is 14.9 Å². The van der Waals surface area contributed by atoms with Crippen LogP contribution in [0, 0.1) is 0 Å². The van der Waals surface area contributed by atoms with E-state index >= 15 is 0 Å². The van der Waals surface area contributed by atoms with Gasteiger partial charge in [-0.1, -0.05) is 12.1 Å². The van der Waals surface area contributed by atoms with E-state index in [1.54, 1.807) is 18.2 Å². The van der Waals surface area contributed by atoms with Crippen molar-refractivity contribution in [3.63, 3.8) is 0 Å². The maximum absolute atomic E-state index is 11.0. The molecule has 17 heavy (non-hydrogen) atoms. The average Bonchev–Trinajstić information content (AvgIpc) is 2.90. The molecule has 2 rings (SSSR count). The zero-order valence-corrected chi connectivity index (χ0v) is 9.12. The summed E-state index contributed by atoms with van der Waals surface area (Å²) in [6.45, 7) is -0.165. The van der Waals surface area contributed by atoms with Crippen molar-refractivity contribution in [3.05, 3.63) is 30.7 Å². The van der Waals surface area contributed by atoms with Crippen molar-refractivity contribution in [1.82, 2.24) is 10.2 Å². The lowest BCUT2D eigenvalue weighted by atomic mass is 10.2. The molecular formula is C11H10N2O4. The van der Waals surface area contributed by atoms with Gasteiger partial charge < -0.3 is 13.9 Å². The van der Waals surface area contributed by atoms with Gasteiger partial charge in [0.1, 0.15) is 5.75 Å². The minimum Gasteiger partial charge on any atom is -0.481 e. The third kappa shape index (κ3) is 2.60. The molecule has 1 aromatic heterocycles. The topological polar surface area (TPSA) is 74.5 Å². The van der Waals surface area contributed by atoms with Gasteiger partial charge in [-0.2, -0.15) is 0 Å². The third-order valence-corrected chi connectivity index (χ3v) is 2.05. The highest BCUT2D eigenvalue weighted by molar-refractivity contribution is 5.71. The van der Waals surface area contributed by atoms with Gasteiger partial charge in [0.25, 0.3) is 5.89 Å². The van der Waals surface area contributed by atoms with Gasteiger partial charge in [-0.05, 0) is 12.1 Å². The van der Waals surface area contributed by atoms with Crippen LogP contribution >= 0.6 is 0 Å². The van der Waals surface area contributed by atoms with Crippen LogP contribution in [0.1, 0.15) is 0 Å². The van der Waals surface area contributed by atoms with Crippen LogP contribution in [0.2, 0.25) is 0 Å². The zero-order chi connectivity index (χ0) is 12.1. The Balaban J connectivity index is 2.20. The maximum Gasteiger partial charge on any atom is 0.343 e. The van der Waals surface area contributed by atoms with Crippen LogP contribution in [-0.4, -0.2) is 29.9 Å². The highest BCUT2D eigenvalue weighted by atomic mass is 16.6. The summed E-state index contributed by atoms with van der Waals surface area (Å²) in [7, 11) is 1.30. The summed E-state index contributed by atoms with van der Waals surface area (Å²) in [5, 5.41) is 7.37. The monoisotopic (exact) mass is 234 g/mol. The van der Waals surface area contributed by atoms with Gasteiger partial charge in [0.15, 0.2) is 6.61 Å². The van der Waals surface area contributed by atoms with Crippen LogP contribution in [0.15, 0.2) is 35.1 Å². The summed E-state index contributed by atoms with van der Waals surface area (Å²) in [5.41, 5.74) is 0.633. The second kappa shape index (κ2) is 5.11. The van der Waals surface area contributed by atoms with Gasteiger partial charge in [0.2, 0.25) is 6.39 Å². The van der Waals surface area contributed by atoms with Crippen LogP contribution in [0.4, 0.5) is 0 Å². The molecule has 0 aliphatic rings. The van der Waals surface area contributed by atoms with Crippen molar-refractivity contribution in [2.45, 2.75) is 0 Å². The molecule has 0 aliphatic heterocycles. The predicted molar refractivity (Wildman–Crippen MR) is 57.2 cm³/mol. The van der Waals surface area contributed by atoms with Crippen molar-refractivity contribution < 1.29 is 18.7 Å². The maximum atomic E-state index is 11.0. The Bertz CT molecular complexity index is 496. The first-order valence-electron chi connectivity index (χ1n) is 4.86. The first kappa shape index (κ1) is 11.1. The summed E-state index contributed by atoms with van der Waals surface area (Å²) in [6, 6.07) is 7.07. The van der Waals surface area contributed by atoms with Crippen molar-refractivity contribution in [3.8, 4) is 17.2 Å². The Kier molecular flexibility index (Phi) is 3.34. The molecule has 0 N–H and O–H groups in total. The van der Waals surface area contributed by atoms with E-state index < -0.39 is 5.97 Å². The highest BCUT2D eigenvalue weighted by Gasteiger charge is 2.11. The Hall–Kier alpha value is -2.37. The minimum absolute atomic E-state index is 0.165. The molecular weight excluding hydrogens is 224 g/mol. The molecule has 2 aromatic rings. The number of esters is 1. The predicted octanol–water partition coefficient (Wildman–Crippen LogP) is 1.29. The van der Waals surface area contributed by atoms with Gasteiger partial charge in [-0.3, -0.25) is 0 Å². The number of aromatic nitrogens is 2. The molecule has 1 aromatic carbocycles. The third-order valence-electron chi connectivity index (χ3n) is 2.05. The lowest BCUT2D eigenvalue weighted by molar-refractivity contribution is -0.142. The molecule has 0 atom stereocenters. The first-order valence-corrected chi connectivity index (χ1v) is 4.86. The van der Waals surface area contributed by atoms with Crippen molar-refractivity contribution in [2.75, 3.05) is 13.7 Å². The second-order valence-electron chi connectivity index (χ2n) is 3.10. The number of hydrogen-bond donors (Lipinski definition) is 0. The van der Waals surface area contributed by atoms with E-state index in [-0.39, 0.29) is 6.61 Å². The van der Waals surface area contributed by atoms with Gasteiger partial charge in [-0.25, -0.2) is 4.79 Å². The molecule has 0 amide bonds. The molecule has 0 unspecified atom stereocenters. The fourth-order valence-electron chi connectivity index (χ4n) is 1.26. The second-order valence-corrected chi connectivity index (χ2v) is 3.10. The minimum atomic E-state index is -0.453. The Morgan fingerprint density at radius 1 is 1.41 bits per heavy atom. The fraction of sp³-hybridized carbons (Fsp3) is 0.182. The molecule has 88 valence electrons. The van der Waals surface area contributed by atoms with Crippen LogP contribution in [0.5, 0.6) is 5.75 Å². The number of benzene rings is 1. The van der Waals surface area contributed by atoms with E-state index in [9.17, 15) is 4.79 Å². The summed E-state index contributed by atoms with van der Waals surface area (Å²) < 4.78 is 14.9. The summed E-state index contributed by atoms with van der Waals surface area (Å²) in [6.07, 6.45) is 1.23. The van der Waals surface area contributed by atoms with Crippen molar-refractivity contribution >= 4 is 5.97 Å². The molecule has 1 heterocycles. The average molecular weight is 234 g/mol. The fourth-order valence-corrected chi connectivity index (χ4v) is 1.26. The Morgan fingerprint density at radius 2 is 2.24 bits per heavy atom. The van der Waals surface area contributed by atoms with Gasteiger partial charge in [0, 0.05) is 0 Å². The summed E-state index contributed by atoms with van der Waals surface area (Å²) in [5.74, 6) is 0.373. The number of carbonyl (C=O) groups excluding carboxylic acids is 1. The van der Waals surface area contributed by atoms with Crippen LogP contribution in [0.3, 0.4) is 0 Å². The lowest BCUT2D eigenvalue weighted by Gasteiger charge is -2.07. The quantitative estimate of drug-likeness (QED) is 0.742. The van der Waals surface area contributed by atoms with Gasteiger partial charge in [0.05, 0.1) is 12.7 Å². The number of nitrogens with zero attached hydrogens (tertiary/aromatic N) is 2. The summed E-state index contributed by atoms with van der Waals surface area (Å²) in [4.78, 5) is 11.0. The van der Waals surface area contributed by atoms with Crippen LogP contribution < -0.4 is 4.74 Å². The molecule has 6 nitrogen and oxygen atoms in total. The number of rotatable bonds is 4. The molecule has 0 saturated heterocycles. The molecule has 0 fully saturated rings. The summed E-state index contributed by atoms with van der Waals surface area (Å²) >= 11 is 0. The van der Waals surface area contributed by atoms with Crippen molar-refractivity contribution in [1.29, 1.82) is 0 Å². The number of carbonyl (C=O) groups is 1. The Labute approximate surface area is 97.2 Å². The van der Waals surface area contributed by atoms with Crippen molar-refractivity contribution in [2.24, 2.45) is 0 Å². The molecule has 0 saturated carbocycles. The normalized spacial score (nSPS) is 9.94. The standard InChI is InChI=1S/C11H10N2O4/c1-15-10(14)6-16-9-5-3-2-4-8(9)11-13-12-7-17-11/h2-5,7H,6H2,1H3. The van der Waals surface area contributed by atoms with E-state index in [4.69, 9.17) is 9.15 Å². The number of ether oxygens (including phenoxy) is 2. The SMILES string of the molecule is COC(=O)COc1ccccc1-c1nnco1. The molecule has 0 radical (unpaired) electrons. The van der Waals surface area contributed by atoms with E-state index in [0.29, 0.717) is 17.2 Å². The van der Waals surface area contributed by atoms with E-state index in [1.807, 2.05) is 6.07 Å². The van der Waals surface area contributed by atoms with Gasteiger partial charge in [-0.15, -0.1) is 10.2 Å². The number of methoxy groups -OCH3 is 1. The highest BCUT2D eigenvalue weighted by Crippen LogP contribution is 2.27. The first-order chi connectivity index (χ1) is 8.31. The Morgan fingerprint density at radius 3 is 2.94 bits per heavy atom. The number of para-hydroxylation sites is 1. The largest absolute Gasteiger partial charge is 0.481 e. The molecule has 0 spiro atoms. The van der Waals surface area contributed by atoms with Crippen LogP contribution in [0.25, 0.3) is 11.5 Å². The number of hydrogen-bond acceptors (Lipinski definition) is 6. The smallest absolute Gasteiger partial charge is 0.343 e. The zero-order valence-electron chi connectivity index (χ0n) is 9.12. The molecule has 0 aliphatic carbocycles. The molecule has 6 heteroatoms. The van der Waals surface area contributed by atoms with E-state index in [1.165, 1.54) is 13.5 Å². The van der Waals surface area contributed by atoms with E-state index in [0.717, 1.165) is 0 Å². The molecule has 0 bridgehead atoms. The van der Waals surface area contributed by atoms with Crippen LogP contribution in [-0.2, 0) is 9.53 Å². The van der Waals surface area contributed by atoms with Gasteiger partial charge >= 0.3 is 5.97 Å².